The molecule has 0 saturated heterocycles. The van der Waals surface area contributed by atoms with Crippen LogP contribution in [0.25, 0.3) is 21.7 Å². The minimum absolute atomic E-state index is 0.278. The molecule has 4 heteroatoms. The molecule has 2 aromatic carbocycles. The number of phenolic OH excluding ortho intramolecular Hbond substituents is 1. The van der Waals surface area contributed by atoms with E-state index in [2.05, 4.69) is 10.8 Å². The predicted molar refractivity (Wildman–Crippen MR) is 73.1 cm³/mol. The molecule has 0 unspecified atom stereocenters. The van der Waals surface area contributed by atoms with Gasteiger partial charge in [-0.3, -0.25) is 0 Å². The van der Waals surface area contributed by atoms with E-state index < -0.39 is 0 Å². The van der Waals surface area contributed by atoms with Crippen molar-refractivity contribution in [3.63, 3.8) is 0 Å². The van der Waals surface area contributed by atoms with Crippen LogP contribution < -0.4 is 14.0 Å². The summed E-state index contributed by atoms with van der Waals surface area (Å²) < 4.78 is 13.2. The first-order valence-electron chi connectivity index (χ1n) is 6.71. The highest BCUT2D eigenvalue weighted by Crippen LogP contribution is 2.39. The third-order valence-electron chi connectivity index (χ3n) is 4.21. The van der Waals surface area contributed by atoms with Gasteiger partial charge in [0.05, 0.1) is 10.8 Å². The molecule has 5 rings (SSSR count). The number of rotatable bonds is 0. The molecule has 0 fully saturated rings. The molecule has 0 bridgehead atoms. The van der Waals surface area contributed by atoms with Crippen molar-refractivity contribution < 1.29 is 19.1 Å². The van der Waals surface area contributed by atoms with E-state index in [1.165, 1.54) is 11.1 Å². The zero-order valence-corrected chi connectivity index (χ0v) is 10.7. The van der Waals surface area contributed by atoms with Crippen molar-refractivity contribution in [3.8, 4) is 17.2 Å². The average Bonchev–Trinajstić information content (AvgIpc) is 3.04. The van der Waals surface area contributed by atoms with E-state index in [-0.39, 0.29) is 6.79 Å². The van der Waals surface area contributed by atoms with Crippen LogP contribution in [-0.2, 0) is 13.0 Å². The minimum atomic E-state index is 0.278. The summed E-state index contributed by atoms with van der Waals surface area (Å²) in [4.78, 5) is 0. The molecule has 0 saturated carbocycles. The number of benzene rings is 2. The standard InChI is InChI=1S/C16H11NO3/c18-11-3-9-1-2-17-7-10-4-14-15(20-8-19-14)6-12(10)13(5-11)16(9)17/h3-7H,1-2,8H2/p+1. The smallest absolute Gasteiger partial charge is 0.231 e. The van der Waals surface area contributed by atoms with Gasteiger partial charge in [-0.15, -0.1) is 0 Å². The van der Waals surface area contributed by atoms with Crippen LogP contribution >= 0.6 is 0 Å². The summed E-state index contributed by atoms with van der Waals surface area (Å²) in [6.45, 7) is 1.24. The summed E-state index contributed by atoms with van der Waals surface area (Å²) in [7, 11) is 0. The van der Waals surface area contributed by atoms with Crippen molar-refractivity contribution in [3.05, 3.63) is 36.0 Å². The van der Waals surface area contributed by atoms with Gasteiger partial charge in [-0.05, 0) is 24.3 Å². The fourth-order valence-corrected chi connectivity index (χ4v) is 3.36. The number of nitrogens with zero attached hydrogens (tertiary/aromatic N) is 1. The molecule has 0 atom stereocenters. The molecule has 3 aromatic rings. The Hall–Kier alpha value is -2.49. The Bertz CT molecular complexity index is 901. The van der Waals surface area contributed by atoms with Crippen molar-refractivity contribution in [2.24, 2.45) is 0 Å². The quantitative estimate of drug-likeness (QED) is 0.501. The number of hydrogen-bond donors (Lipinski definition) is 1. The van der Waals surface area contributed by atoms with Gasteiger partial charge in [-0.25, -0.2) is 0 Å². The Morgan fingerprint density at radius 1 is 1.00 bits per heavy atom. The third-order valence-corrected chi connectivity index (χ3v) is 4.21. The van der Waals surface area contributed by atoms with Gasteiger partial charge >= 0.3 is 0 Å². The largest absolute Gasteiger partial charge is 0.508 e. The summed E-state index contributed by atoms with van der Waals surface area (Å²) in [5, 5.41) is 13.2. The normalized spacial score (nSPS) is 15.4. The number of aromatic hydroxyl groups is 1. The minimum Gasteiger partial charge on any atom is -0.508 e. The monoisotopic (exact) mass is 266 g/mol. The number of aryl methyl sites for hydroxylation is 2. The summed E-state index contributed by atoms with van der Waals surface area (Å²) in [5.74, 6) is 1.90. The van der Waals surface area contributed by atoms with Gasteiger partial charge in [0.25, 0.3) is 0 Å². The number of ether oxygens (including phenoxy) is 2. The number of pyridine rings is 1. The maximum absolute atomic E-state index is 9.95. The molecule has 4 nitrogen and oxygen atoms in total. The van der Waals surface area contributed by atoms with Crippen molar-refractivity contribution in [2.45, 2.75) is 13.0 Å². The maximum atomic E-state index is 9.95. The van der Waals surface area contributed by atoms with E-state index in [1.54, 1.807) is 0 Å². The van der Waals surface area contributed by atoms with Gasteiger partial charge in [-0.2, -0.15) is 4.57 Å². The Kier molecular flexibility index (Phi) is 1.72. The van der Waals surface area contributed by atoms with Crippen LogP contribution in [0.5, 0.6) is 17.2 Å². The van der Waals surface area contributed by atoms with Crippen LogP contribution in [0.2, 0.25) is 0 Å². The van der Waals surface area contributed by atoms with E-state index >= 15 is 0 Å². The van der Waals surface area contributed by atoms with Crippen LogP contribution in [0.3, 0.4) is 0 Å². The number of phenols is 1. The van der Waals surface area contributed by atoms with Crippen LogP contribution in [-0.4, -0.2) is 11.9 Å². The Balaban J connectivity index is 2.01. The molecule has 0 amide bonds. The molecule has 2 aliphatic heterocycles. The van der Waals surface area contributed by atoms with Crippen LogP contribution in [0.15, 0.2) is 30.5 Å². The topological polar surface area (TPSA) is 42.6 Å². The number of aromatic nitrogens is 1. The Morgan fingerprint density at radius 2 is 1.85 bits per heavy atom. The highest BCUT2D eigenvalue weighted by Gasteiger charge is 2.26. The summed E-state index contributed by atoms with van der Waals surface area (Å²) in [6, 6.07) is 7.73. The van der Waals surface area contributed by atoms with E-state index in [1.807, 2.05) is 24.3 Å². The molecule has 2 aliphatic rings. The van der Waals surface area contributed by atoms with Crippen molar-refractivity contribution in [1.29, 1.82) is 0 Å². The molecule has 0 aliphatic carbocycles. The molecule has 3 heterocycles. The lowest BCUT2D eigenvalue weighted by Crippen LogP contribution is -2.30. The summed E-state index contributed by atoms with van der Waals surface area (Å²) >= 11 is 0. The zero-order chi connectivity index (χ0) is 13.3. The lowest BCUT2D eigenvalue weighted by Gasteiger charge is -2.04. The van der Waals surface area contributed by atoms with Gasteiger partial charge in [0.2, 0.25) is 12.3 Å². The molecular formula is C16H12NO3+. The van der Waals surface area contributed by atoms with Crippen LogP contribution in [0.4, 0.5) is 0 Å². The van der Waals surface area contributed by atoms with Gasteiger partial charge in [-0.1, -0.05) is 0 Å². The first-order chi connectivity index (χ1) is 9.79. The first kappa shape index (κ1) is 10.3. The SMILES string of the molecule is Oc1cc2c3c(c1)c1cc4c(cc1c[n+]3CC2)OCO4. The second-order valence-electron chi connectivity index (χ2n) is 5.37. The lowest BCUT2D eigenvalue weighted by atomic mass is 10.0. The third kappa shape index (κ3) is 1.18. The van der Waals surface area contributed by atoms with Gasteiger partial charge in [0, 0.05) is 17.4 Å². The lowest BCUT2D eigenvalue weighted by molar-refractivity contribution is -0.662. The van der Waals surface area contributed by atoms with E-state index in [0.29, 0.717) is 5.75 Å². The van der Waals surface area contributed by atoms with Gasteiger partial charge in [0.15, 0.2) is 24.2 Å². The Labute approximate surface area is 114 Å². The molecule has 1 N–H and O–H groups in total. The average molecular weight is 266 g/mol. The van der Waals surface area contributed by atoms with Gasteiger partial charge in [0.1, 0.15) is 5.75 Å². The number of fused-ring (bicyclic) bond motifs is 3. The highest BCUT2D eigenvalue weighted by atomic mass is 16.7. The molecule has 98 valence electrons. The first-order valence-corrected chi connectivity index (χ1v) is 6.71. The van der Waals surface area contributed by atoms with Crippen molar-refractivity contribution in [1.82, 2.24) is 0 Å². The van der Waals surface area contributed by atoms with Crippen LogP contribution in [0.1, 0.15) is 5.56 Å². The van der Waals surface area contributed by atoms with Gasteiger partial charge < -0.3 is 14.6 Å². The second kappa shape index (κ2) is 3.33. The molecule has 0 spiro atoms. The molecular weight excluding hydrogens is 254 g/mol. The Morgan fingerprint density at radius 3 is 2.75 bits per heavy atom. The maximum Gasteiger partial charge on any atom is 0.231 e. The summed E-state index contributed by atoms with van der Waals surface area (Å²) in [5.41, 5.74) is 2.42. The number of hydrogen-bond acceptors (Lipinski definition) is 3. The fourth-order valence-electron chi connectivity index (χ4n) is 3.36. The van der Waals surface area contributed by atoms with Crippen molar-refractivity contribution in [2.75, 3.05) is 6.79 Å². The molecule has 0 radical (unpaired) electrons. The van der Waals surface area contributed by atoms with Crippen LogP contribution in [0, 0.1) is 0 Å². The van der Waals surface area contributed by atoms with E-state index in [0.717, 1.165) is 40.6 Å². The van der Waals surface area contributed by atoms with E-state index in [9.17, 15) is 5.11 Å². The molecule has 20 heavy (non-hydrogen) atoms. The van der Waals surface area contributed by atoms with E-state index in [4.69, 9.17) is 9.47 Å². The van der Waals surface area contributed by atoms with Crippen molar-refractivity contribution >= 4 is 21.7 Å². The zero-order valence-electron chi connectivity index (χ0n) is 10.7. The predicted octanol–water partition coefficient (Wildman–Crippen LogP) is 2.27. The second-order valence-corrected chi connectivity index (χ2v) is 5.37. The summed E-state index contributed by atoms with van der Waals surface area (Å²) in [6.07, 6.45) is 3.13. The fraction of sp³-hybridized carbons (Fsp3) is 0.188. The molecule has 1 aromatic heterocycles. The highest BCUT2D eigenvalue weighted by molar-refractivity contribution is 6.06.